The first-order valence-electron chi connectivity index (χ1n) is 4.55. The largest absolute Gasteiger partial charge is 0.477 e. The van der Waals surface area contributed by atoms with Crippen LogP contribution in [-0.4, -0.2) is 20.6 Å². The van der Waals surface area contributed by atoms with Crippen molar-refractivity contribution in [1.82, 2.24) is 9.55 Å². The predicted octanol–water partition coefficient (Wildman–Crippen LogP) is 2.05. The van der Waals surface area contributed by atoms with Crippen LogP contribution in [0.15, 0.2) is 42.9 Å². The van der Waals surface area contributed by atoms with Crippen molar-refractivity contribution >= 4 is 18.4 Å². The van der Waals surface area contributed by atoms with Gasteiger partial charge in [0.2, 0.25) is 0 Å². The normalized spacial score (nSPS) is 9.50. The van der Waals surface area contributed by atoms with Crippen LogP contribution in [0, 0.1) is 0 Å². The number of hydrogen-bond donors (Lipinski definition) is 1. The molecule has 0 spiro atoms. The number of nitrogens with zero attached hydrogens (tertiary/aromatic N) is 2. The number of aromatic carboxylic acids is 1. The van der Waals surface area contributed by atoms with Crippen molar-refractivity contribution < 1.29 is 9.90 Å². The van der Waals surface area contributed by atoms with Gasteiger partial charge in [-0.3, -0.25) is 0 Å². The fraction of sp³-hybridized carbons (Fsp3) is 0.0909. The highest BCUT2D eigenvalue weighted by Gasteiger charge is 2.09. The average molecular weight is 239 g/mol. The van der Waals surface area contributed by atoms with Gasteiger partial charge < -0.3 is 9.67 Å². The molecule has 0 bridgehead atoms. The van der Waals surface area contributed by atoms with E-state index < -0.39 is 5.97 Å². The highest BCUT2D eigenvalue weighted by atomic mass is 35.5. The van der Waals surface area contributed by atoms with Gasteiger partial charge >= 0.3 is 5.97 Å². The van der Waals surface area contributed by atoms with E-state index in [1.807, 2.05) is 30.3 Å². The lowest BCUT2D eigenvalue weighted by molar-refractivity contribution is 0.0685. The third-order valence-electron chi connectivity index (χ3n) is 2.13. The van der Waals surface area contributed by atoms with Gasteiger partial charge in [-0.05, 0) is 5.56 Å². The number of carboxylic acid groups (broad SMARTS) is 1. The maximum Gasteiger partial charge on any atom is 0.354 e. The molecule has 0 aliphatic rings. The molecule has 16 heavy (non-hydrogen) atoms. The zero-order valence-electron chi connectivity index (χ0n) is 8.41. The van der Waals surface area contributed by atoms with Crippen molar-refractivity contribution in [2.24, 2.45) is 0 Å². The molecule has 0 aliphatic heterocycles. The molecule has 84 valence electrons. The van der Waals surface area contributed by atoms with E-state index >= 15 is 0 Å². The van der Waals surface area contributed by atoms with Crippen molar-refractivity contribution in [2.45, 2.75) is 6.54 Å². The second kappa shape index (κ2) is 5.32. The summed E-state index contributed by atoms with van der Waals surface area (Å²) in [6.45, 7) is 0.530. The number of halogens is 1. The van der Waals surface area contributed by atoms with Gasteiger partial charge in [0, 0.05) is 6.54 Å². The average Bonchev–Trinajstić information content (AvgIpc) is 2.67. The Labute approximate surface area is 99.0 Å². The molecule has 0 radical (unpaired) electrons. The summed E-state index contributed by atoms with van der Waals surface area (Å²) < 4.78 is 1.61. The molecule has 5 heteroatoms. The van der Waals surface area contributed by atoms with Crippen molar-refractivity contribution in [3.05, 3.63) is 54.1 Å². The minimum atomic E-state index is -0.955. The van der Waals surface area contributed by atoms with E-state index in [4.69, 9.17) is 5.11 Å². The Hall–Kier alpha value is -1.81. The quantitative estimate of drug-likeness (QED) is 0.891. The van der Waals surface area contributed by atoms with Gasteiger partial charge in [0.1, 0.15) is 5.69 Å². The molecule has 4 nitrogen and oxygen atoms in total. The summed E-state index contributed by atoms with van der Waals surface area (Å²) >= 11 is 0. The topological polar surface area (TPSA) is 55.1 Å². The Bertz CT molecular complexity index is 468. The van der Waals surface area contributed by atoms with Crippen LogP contribution < -0.4 is 0 Å². The molecule has 0 fully saturated rings. The summed E-state index contributed by atoms with van der Waals surface area (Å²) in [5.74, 6) is -0.955. The number of rotatable bonds is 3. The highest BCUT2D eigenvalue weighted by molar-refractivity contribution is 5.85. The van der Waals surface area contributed by atoms with Gasteiger partial charge in [-0.2, -0.15) is 0 Å². The molecule has 0 saturated carbocycles. The van der Waals surface area contributed by atoms with E-state index in [0.29, 0.717) is 6.54 Å². The molecular formula is C11H11ClN2O2. The number of carboxylic acids is 1. The first kappa shape index (κ1) is 12.3. The minimum Gasteiger partial charge on any atom is -0.477 e. The Balaban J connectivity index is 0.00000128. The van der Waals surface area contributed by atoms with Gasteiger partial charge in [0.25, 0.3) is 0 Å². The molecule has 2 aromatic rings. The summed E-state index contributed by atoms with van der Waals surface area (Å²) in [7, 11) is 0. The minimum absolute atomic E-state index is 0. The molecule has 1 aromatic carbocycles. The van der Waals surface area contributed by atoms with Crippen LogP contribution in [0.4, 0.5) is 0 Å². The molecule has 0 amide bonds. The molecule has 0 atom stereocenters. The summed E-state index contributed by atoms with van der Waals surface area (Å²) in [4.78, 5) is 14.6. The molecule has 1 aromatic heterocycles. The SMILES string of the molecule is Cl.O=C(O)c1cncn1Cc1ccccc1. The fourth-order valence-electron chi connectivity index (χ4n) is 1.40. The van der Waals surface area contributed by atoms with E-state index in [1.165, 1.54) is 12.5 Å². The molecule has 0 saturated heterocycles. The third-order valence-corrected chi connectivity index (χ3v) is 2.13. The third kappa shape index (κ3) is 2.61. The summed E-state index contributed by atoms with van der Waals surface area (Å²) in [6, 6.07) is 9.67. The summed E-state index contributed by atoms with van der Waals surface area (Å²) in [5.41, 5.74) is 1.26. The summed E-state index contributed by atoms with van der Waals surface area (Å²) in [5, 5.41) is 8.87. The molecular weight excluding hydrogens is 228 g/mol. The van der Waals surface area contributed by atoms with Gasteiger partial charge in [0.05, 0.1) is 12.5 Å². The highest BCUT2D eigenvalue weighted by Crippen LogP contribution is 2.05. The predicted molar refractivity (Wildman–Crippen MR) is 62.0 cm³/mol. The smallest absolute Gasteiger partial charge is 0.354 e. The molecule has 1 N–H and O–H groups in total. The number of imidazole rings is 1. The maximum absolute atomic E-state index is 10.8. The van der Waals surface area contributed by atoms with E-state index in [1.54, 1.807) is 4.57 Å². The number of carbonyl (C=O) groups is 1. The molecule has 0 unspecified atom stereocenters. The van der Waals surface area contributed by atoms with Gasteiger partial charge in [0.15, 0.2) is 0 Å². The fourth-order valence-corrected chi connectivity index (χ4v) is 1.40. The maximum atomic E-state index is 10.8. The first-order valence-corrected chi connectivity index (χ1v) is 4.55. The zero-order chi connectivity index (χ0) is 10.7. The molecule has 0 aliphatic carbocycles. The van der Waals surface area contributed by atoms with Crippen molar-refractivity contribution in [2.75, 3.05) is 0 Å². The van der Waals surface area contributed by atoms with E-state index in [0.717, 1.165) is 5.56 Å². The van der Waals surface area contributed by atoms with Crippen molar-refractivity contribution in [3.63, 3.8) is 0 Å². The van der Waals surface area contributed by atoms with Crippen molar-refractivity contribution in [1.29, 1.82) is 0 Å². The van der Waals surface area contributed by atoms with Gasteiger partial charge in [-0.15, -0.1) is 12.4 Å². The number of benzene rings is 1. The Kier molecular flexibility index (Phi) is 4.08. The van der Waals surface area contributed by atoms with Crippen LogP contribution in [0.1, 0.15) is 16.1 Å². The van der Waals surface area contributed by atoms with E-state index in [9.17, 15) is 4.79 Å². The second-order valence-electron chi connectivity index (χ2n) is 3.20. The number of aromatic nitrogens is 2. The Morgan fingerprint density at radius 3 is 2.62 bits per heavy atom. The van der Waals surface area contributed by atoms with E-state index in [2.05, 4.69) is 4.98 Å². The first-order chi connectivity index (χ1) is 7.27. The molecule has 1 heterocycles. The second-order valence-corrected chi connectivity index (χ2v) is 3.20. The van der Waals surface area contributed by atoms with Crippen LogP contribution in [0.5, 0.6) is 0 Å². The van der Waals surface area contributed by atoms with Gasteiger partial charge in [-0.1, -0.05) is 30.3 Å². The Morgan fingerprint density at radius 2 is 2.00 bits per heavy atom. The zero-order valence-corrected chi connectivity index (χ0v) is 9.22. The van der Waals surface area contributed by atoms with Crippen molar-refractivity contribution in [3.8, 4) is 0 Å². The monoisotopic (exact) mass is 238 g/mol. The van der Waals surface area contributed by atoms with Gasteiger partial charge in [-0.25, -0.2) is 9.78 Å². The summed E-state index contributed by atoms with van der Waals surface area (Å²) in [6.07, 6.45) is 2.88. The van der Waals surface area contributed by atoms with Crippen LogP contribution in [0.3, 0.4) is 0 Å². The lowest BCUT2D eigenvalue weighted by Crippen LogP contribution is -2.08. The van der Waals surface area contributed by atoms with Crippen LogP contribution in [-0.2, 0) is 6.54 Å². The lowest BCUT2D eigenvalue weighted by Gasteiger charge is -2.04. The Morgan fingerprint density at radius 1 is 1.31 bits per heavy atom. The van der Waals surface area contributed by atoms with Crippen LogP contribution in [0.2, 0.25) is 0 Å². The van der Waals surface area contributed by atoms with Crippen LogP contribution >= 0.6 is 12.4 Å². The van der Waals surface area contributed by atoms with Crippen LogP contribution in [0.25, 0.3) is 0 Å². The lowest BCUT2D eigenvalue weighted by atomic mass is 10.2. The number of hydrogen-bond acceptors (Lipinski definition) is 2. The van der Waals surface area contributed by atoms with E-state index in [-0.39, 0.29) is 18.1 Å². The standard InChI is InChI=1S/C11H10N2O2.ClH/c14-11(15)10-6-12-8-13(10)7-9-4-2-1-3-5-9;/h1-6,8H,7H2,(H,14,15);1H. The molecule has 2 rings (SSSR count).